The first-order chi connectivity index (χ1) is 15.5. The summed E-state index contributed by atoms with van der Waals surface area (Å²) in [6.45, 7) is 6.37. The van der Waals surface area contributed by atoms with Crippen LogP contribution in [-0.2, 0) is 24.2 Å². The standard InChI is InChI=1S/C11H13BrN2O.C10H10Br2O2.C2H8N2/c1-11(10(15)13-6-7-14-11)8-2-4-9(12)5-3-8;1-10(12,9(13)14-2)7-3-5-8(11)6-4-7;3-1-2-4/h2-5,14H,6-7H2,1H3,(H,13,15);3-6H,1-2H3;1-4H2. The second kappa shape index (κ2) is 14.2. The summed E-state index contributed by atoms with van der Waals surface area (Å²) in [6, 6.07) is 15.3. The monoisotopic (exact) mass is 648 g/mol. The maximum absolute atomic E-state index is 11.8. The highest BCUT2D eigenvalue weighted by Crippen LogP contribution is 2.32. The summed E-state index contributed by atoms with van der Waals surface area (Å²) in [5, 5.41) is 6.13. The van der Waals surface area contributed by atoms with Crippen molar-refractivity contribution in [3.63, 3.8) is 0 Å². The summed E-state index contributed by atoms with van der Waals surface area (Å²) in [5.74, 6) is -0.268. The number of rotatable bonds is 4. The summed E-state index contributed by atoms with van der Waals surface area (Å²) >= 11 is 10.1. The first kappa shape index (κ1) is 29.7. The van der Waals surface area contributed by atoms with Gasteiger partial charge in [0, 0.05) is 35.1 Å². The number of nitrogens with one attached hydrogen (secondary N) is 2. The molecule has 2 atom stereocenters. The number of nitrogens with two attached hydrogens (primary N) is 2. The van der Waals surface area contributed by atoms with Gasteiger partial charge >= 0.3 is 5.97 Å². The van der Waals surface area contributed by atoms with Crippen LogP contribution >= 0.6 is 47.8 Å². The largest absolute Gasteiger partial charge is 0.468 e. The smallest absolute Gasteiger partial charge is 0.326 e. The molecule has 0 aromatic heterocycles. The predicted octanol–water partition coefficient (Wildman–Crippen LogP) is 3.52. The zero-order chi connectivity index (χ0) is 25.1. The summed E-state index contributed by atoms with van der Waals surface area (Å²) in [7, 11) is 1.38. The minimum atomic E-state index is -0.775. The van der Waals surface area contributed by atoms with Gasteiger partial charge < -0.3 is 21.5 Å². The van der Waals surface area contributed by atoms with Gasteiger partial charge in [-0.3, -0.25) is 14.9 Å². The molecule has 2 unspecified atom stereocenters. The Morgan fingerprint density at radius 1 is 1.03 bits per heavy atom. The van der Waals surface area contributed by atoms with Gasteiger partial charge in [0.25, 0.3) is 0 Å². The fourth-order valence-electron chi connectivity index (χ4n) is 2.83. The van der Waals surface area contributed by atoms with E-state index in [0.29, 0.717) is 19.6 Å². The van der Waals surface area contributed by atoms with E-state index in [1.807, 2.05) is 55.5 Å². The van der Waals surface area contributed by atoms with Crippen molar-refractivity contribution in [2.24, 2.45) is 11.5 Å². The normalized spacial score (nSPS) is 19.0. The zero-order valence-corrected chi connectivity index (χ0v) is 23.7. The van der Waals surface area contributed by atoms with Crippen LogP contribution in [0.4, 0.5) is 0 Å². The Kier molecular flexibility index (Phi) is 12.8. The number of carbonyl (C=O) groups is 2. The highest BCUT2D eigenvalue weighted by molar-refractivity contribution is 9.11. The molecule has 0 spiro atoms. The Balaban J connectivity index is 0.000000285. The van der Waals surface area contributed by atoms with Gasteiger partial charge in [0.2, 0.25) is 5.91 Å². The lowest BCUT2D eigenvalue weighted by molar-refractivity contribution is -0.143. The van der Waals surface area contributed by atoms with E-state index in [1.54, 1.807) is 6.92 Å². The predicted molar refractivity (Wildman–Crippen MR) is 143 cm³/mol. The average molecular weight is 651 g/mol. The molecule has 2 aromatic rings. The van der Waals surface area contributed by atoms with E-state index in [-0.39, 0.29) is 11.9 Å². The number of alkyl halides is 1. The van der Waals surface area contributed by atoms with Crippen LogP contribution < -0.4 is 22.1 Å². The molecular formula is C23H31Br3N4O3. The summed E-state index contributed by atoms with van der Waals surface area (Å²) in [4.78, 5) is 23.3. The van der Waals surface area contributed by atoms with Crippen LogP contribution in [-0.4, -0.2) is 45.2 Å². The van der Waals surface area contributed by atoms with Crippen molar-refractivity contribution in [1.82, 2.24) is 10.6 Å². The Bertz CT molecular complexity index is 891. The molecule has 2 aromatic carbocycles. The Morgan fingerprint density at radius 3 is 1.94 bits per heavy atom. The number of benzene rings is 2. The van der Waals surface area contributed by atoms with Crippen LogP contribution in [0.3, 0.4) is 0 Å². The van der Waals surface area contributed by atoms with Crippen LogP contribution in [0.1, 0.15) is 25.0 Å². The summed E-state index contributed by atoms with van der Waals surface area (Å²) < 4.78 is 5.93. The minimum Gasteiger partial charge on any atom is -0.468 e. The number of amides is 1. The molecule has 3 rings (SSSR count). The molecule has 6 N–H and O–H groups in total. The van der Waals surface area contributed by atoms with Crippen molar-refractivity contribution >= 4 is 59.7 Å². The molecule has 0 radical (unpaired) electrons. The van der Waals surface area contributed by atoms with Gasteiger partial charge in [0.05, 0.1) is 7.11 Å². The molecule has 0 saturated carbocycles. The lowest BCUT2D eigenvalue weighted by Gasteiger charge is -2.34. The van der Waals surface area contributed by atoms with Gasteiger partial charge in [-0.1, -0.05) is 72.1 Å². The number of esters is 1. The summed E-state index contributed by atoms with van der Waals surface area (Å²) in [5.41, 5.74) is 11.1. The van der Waals surface area contributed by atoms with E-state index < -0.39 is 9.86 Å². The molecule has 1 saturated heterocycles. The molecule has 1 heterocycles. The highest BCUT2D eigenvalue weighted by Gasteiger charge is 2.36. The average Bonchev–Trinajstić information content (AvgIpc) is 2.81. The number of carbonyl (C=O) groups excluding carboxylic acids is 2. The summed E-state index contributed by atoms with van der Waals surface area (Å²) in [6.07, 6.45) is 0. The lowest BCUT2D eigenvalue weighted by atomic mass is 9.89. The third-order valence-corrected chi connectivity index (χ3v) is 6.73. The van der Waals surface area contributed by atoms with Gasteiger partial charge in [0.15, 0.2) is 0 Å². The first-order valence-corrected chi connectivity index (χ1v) is 12.6. The number of ether oxygens (including phenoxy) is 1. The molecule has 0 bridgehead atoms. The van der Waals surface area contributed by atoms with E-state index in [1.165, 1.54) is 7.11 Å². The minimum absolute atomic E-state index is 0.0380. The molecule has 1 aliphatic rings. The number of piperazine rings is 1. The van der Waals surface area contributed by atoms with Crippen molar-refractivity contribution in [3.8, 4) is 0 Å². The van der Waals surface area contributed by atoms with Crippen LogP contribution in [0.15, 0.2) is 57.5 Å². The van der Waals surface area contributed by atoms with E-state index in [0.717, 1.165) is 26.6 Å². The van der Waals surface area contributed by atoms with Gasteiger partial charge in [-0.05, 0) is 49.2 Å². The molecule has 0 aliphatic carbocycles. The quantitative estimate of drug-likeness (QED) is 0.297. The maximum atomic E-state index is 11.8. The lowest BCUT2D eigenvalue weighted by Crippen LogP contribution is -2.59. The van der Waals surface area contributed by atoms with Gasteiger partial charge in [-0.15, -0.1) is 0 Å². The van der Waals surface area contributed by atoms with Crippen molar-refractivity contribution in [2.45, 2.75) is 23.7 Å². The third-order valence-electron chi connectivity index (χ3n) is 4.89. The SMILES string of the molecule is CC1(c2ccc(Br)cc2)NCCNC1=O.COC(=O)C(C)(Br)c1ccc(Br)cc1.NCCN. The van der Waals surface area contributed by atoms with Crippen LogP contribution in [0.5, 0.6) is 0 Å². The fraction of sp³-hybridized carbons (Fsp3) is 0.391. The van der Waals surface area contributed by atoms with Crippen molar-refractivity contribution < 1.29 is 14.3 Å². The van der Waals surface area contributed by atoms with Crippen LogP contribution in [0.2, 0.25) is 0 Å². The molecule has 1 amide bonds. The second-order valence-corrected chi connectivity index (χ2v) is 10.8. The van der Waals surface area contributed by atoms with Crippen molar-refractivity contribution in [3.05, 3.63) is 68.6 Å². The van der Waals surface area contributed by atoms with Crippen molar-refractivity contribution in [1.29, 1.82) is 0 Å². The molecular weight excluding hydrogens is 620 g/mol. The van der Waals surface area contributed by atoms with Crippen LogP contribution in [0.25, 0.3) is 0 Å². The molecule has 10 heteroatoms. The Labute approximate surface area is 220 Å². The van der Waals surface area contributed by atoms with Gasteiger partial charge in [0.1, 0.15) is 9.86 Å². The molecule has 182 valence electrons. The number of hydrogen-bond donors (Lipinski definition) is 4. The zero-order valence-electron chi connectivity index (χ0n) is 19.0. The topological polar surface area (TPSA) is 119 Å². The van der Waals surface area contributed by atoms with Gasteiger partial charge in [-0.2, -0.15) is 0 Å². The number of hydrogen-bond acceptors (Lipinski definition) is 6. The van der Waals surface area contributed by atoms with E-state index in [2.05, 4.69) is 58.4 Å². The van der Waals surface area contributed by atoms with E-state index >= 15 is 0 Å². The first-order valence-electron chi connectivity index (χ1n) is 10.3. The van der Waals surface area contributed by atoms with Crippen LogP contribution in [0, 0.1) is 0 Å². The van der Waals surface area contributed by atoms with E-state index in [4.69, 9.17) is 16.2 Å². The number of methoxy groups -OCH3 is 1. The highest BCUT2D eigenvalue weighted by atomic mass is 79.9. The molecule has 1 fully saturated rings. The Hall–Kier alpha value is -1.30. The van der Waals surface area contributed by atoms with Gasteiger partial charge in [-0.25, -0.2) is 0 Å². The second-order valence-electron chi connectivity index (χ2n) is 7.39. The Morgan fingerprint density at radius 2 is 1.52 bits per heavy atom. The van der Waals surface area contributed by atoms with Crippen molar-refractivity contribution in [2.75, 3.05) is 33.3 Å². The molecule has 1 aliphatic heterocycles. The number of halogens is 3. The molecule has 33 heavy (non-hydrogen) atoms. The van der Waals surface area contributed by atoms with E-state index in [9.17, 15) is 9.59 Å². The third kappa shape index (κ3) is 8.77. The molecule has 7 nitrogen and oxygen atoms in total. The fourth-order valence-corrected chi connectivity index (χ4v) is 3.79. The maximum Gasteiger partial charge on any atom is 0.326 e.